The first-order chi connectivity index (χ1) is 40.8. The summed E-state index contributed by atoms with van der Waals surface area (Å²) < 4.78 is 146. The number of benzene rings is 6. The Balaban J connectivity index is 0.000000217. The van der Waals surface area contributed by atoms with E-state index in [9.17, 15) is 58.7 Å². The quantitative estimate of drug-likeness (QED) is 0.0673. The third-order valence-corrected chi connectivity index (χ3v) is 11.9. The summed E-state index contributed by atoms with van der Waals surface area (Å²) in [7, 11) is 0. The molecular formula is C51H32Cl4Cs2F9N9O14. The molecule has 6 heterocycles. The maximum absolute atomic E-state index is 12.4. The summed E-state index contributed by atoms with van der Waals surface area (Å²) >= 11 is 23.1. The van der Waals surface area contributed by atoms with Crippen LogP contribution in [0.5, 0.6) is 17.2 Å². The SMILES string of the molecule is CC(C)(C)OC(=O)n1c(=O)[nH]c2cc(OC(F)(F)F)ccc21.Clc1ccc2c(Cl)noc2c1.O=CO[O-].O=c1[nH]c2cc(OC(F)(F)F)ccc2n1-c1noc2cc(Cl)ccc12.O=c1[nH]c2ccc(OC(F)(F)F)cc2n1-c1noc2cc(Cl)ccc12.[Cs+].[Cs+].[H-]. The van der Waals surface area contributed by atoms with Gasteiger partial charge >= 0.3 is 180 Å². The zero-order chi connectivity index (χ0) is 63.5. The summed E-state index contributed by atoms with van der Waals surface area (Å²) in [5, 5.41) is 23.4. The fourth-order valence-corrected chi connectivity index (χ4v) is 8.44. The van der Waals surface area contributed by atoms with E-state index in [0.717, 1.165) is 52.4 Å². The van der Waals surface area contributed by atoms with Gasteiger partial charge in [-0.2, -0.15) is 4.57 Å². The Hall–Kier alpha value is -5.53. The van der Waals surface area contributed by atoms with Crippen LogP contribution >= 0.6 is 46.4 Å². The average Bonchev–Trinajstić information content (AvgIpc) is 1.74. The molecule has 38 heteroatoms. The molecule has 0 bridgehead atoms. The first-order valence-electron chi connectivity index (χ1n) is 23.6. The van der Waals surface area contributed by atoms with Crippen LogP contribution in [0.4, 0.5) is 44.3 Å². The van der Waals surface area contributed by atoms with Gasteiger partial charge in [-0.25, -0.2) is 28.3 Å². The van der Waals surface area contributed by atoms with E-state index < -0.39 is 65.1 Å². The molecule has 0 saturated carbocycles. The smallest absolute Gasteiger partial charge is 1.00 e. The van der Waals surface area contributed by atoms with Crippen molar-refractivity contribution in [1.29, 1.82) is 0 Å². The summed E-state index contributed by atoms with van der Waals surface area (Å²) in [4.78, 5) is 66.9. The number of hydrogen-bond acceptors (Lipinski definition) is 17. The summed E-state index contributed by atoms with van der Waals surface area (Å²) in [6, 6.07) is 24.9. The van der Waals surface area contributed by atoms with Crippen LogP contribution < -0.4 is 174 Å². The van der Waals surface area contributed by atoms with Gasteiger partial charge in [-0.1, -0.05) is 61.9 Å². The minimum Gasteiger partial charge on any atom is -1.00 e. The number of alkyl halides is 9. The summed E-state index contributed by atoms with van der Waals surface area (Å²) in [5.41, 5.74) is -0.370. The molecule has 0 fully saturated rings. The Morgan fingerprint density at radius 1 is 0.528 bits per heavy atom. The van der Waals surface area contributed by atoms with Gasteiger partial charge in [0.1, 0.15) is 22.8 Å². The second-order valence-electron chi connectivity index (χ2n) is 18.1. The van der Waals surface area contributed by atoms with E-state index in [4.69, 9.17) is 74.8 Å². The fraction of sp³-hybridized carbons (Fsp3) is 0.137. The Morgan fingerprint density at radius 2 is 0.910 bits per heavy atom. The fourth-order valence-electron chi connectivity index (χ4n) is 7.76. The summed E-state index contributed by atoms with van der Waals surface area (Å²) in [5.74, 6) is -1.06. The monoisotopic (exact) mass is 1570 g/mol. The molecule has 0 unspecified atom stereocenters. The zero-order valence-corrected chi connectivity index (χ0v) is 60.9. The number of rotatable bonds is 6. The van der Waals surface area contributed by atoms with Crippen molar-refractivity contribution in [2.75, 3.05) is 0 Å². The van der Waals surface area contributed by atoms with Crippen molar-refractivity contribution in [2.45, 2.75) is 45.5 Å². The minimum absolute atomic E-state index is 0. The molecular weight excluding hydrogens is 1540 g/mol. The van der Waals surface area contributed by atoms with E-state index in [-0.39, 0.29) is 179 Å². The van der Waals surface area contributed by atoms with Crippen molar-refractivity contribution in [1.82, 2.24) is 44.1 Å². The summed E-state index contributed by atoms with van der Waals surface area (Å²) in [6.07, 6.45) is -15.4. The molecule has 89 heavy (non-hydrogen) atoms. The van der Waals surface area contributed by atoms with Gasteiger partial charge in [0.05, 0.1) is 49.3 Å². The molecule has 12 aromatic rings. The summed E-state index contributed by atoms with van der Waals surface area (Å²) in [6.45, 7) is 4.69. The second kappa shape index (κ2) is 29.8. The molecule has 0 amide bonds. The number of hydrogen-bond donors (Lipinski definition) is 3. The van der Waals surface area contributed by atoms with Crippen molar-refractivity contribution in [3.63, 3.8) is 0 Å². The number of aromatic nitrogens is 9. The van der Waals surface area contributed by atoms with E-state index in [0.29, 0.717) is 63.3 Å². The van der Waals surface area contributed by atoms with Gasteiger partial charge in [0.2, 0.25) is 0 Å². The van der Waals surface area contributed by atoms with Crippen molar-refractivity contribution in [2.24, 2.45) is 0 Å². The van der Waals surface area contributed by atoms with Crippen LogP contribution in [0, 0.1) is 0 Å². The van der Waals surface area contributed by atoms with E-state index in [2.05, 4.69) is 49.5 Å². The van der Waals surface area contributed by atoms with Crippen molar-refractivity contribution < 1.29 is 231 Å². The van der Waals surface area contributed by atoms with E-state index in [1.54, 1.807) is 69.3 Å². The Bertz CT molecular complexity index is 4710. The van der Waals surface area contributed by atoms with Crippen LogP contribution in [0.3, 0.4) is 0 Å². The van der Waals surface area contributed by atoms with Gasteiger partial charge < -0.3 is 59.0 Å². The molecule has 0 saturated heterocycles. The van der Waals surface area contributed by atoms with Crippen molar-refractivity contribution >= 4 is 125 Å². The number of ether oxygens (including phenoxy) is 4. The van der Waals surface area contributed by atoms with Crippen LogP contribution in [0.25, 0.3) is 77.6 Å². The van der Waals surface area contributed by atoms with Crippen molar-refractivity contribution in [3.8, 4) is 28.9 Å². The number of aromatic amines is 3. The standard InChI is InChI=1S/2C15H7ClF3N3O3.C13H13F3N2O4.C7H3Cl2NO.CH2O3.2Cs.H/c16-7-1-3-9-12(5-7)25-21-13(9)22-11-4-2-8(24-15(17,18)19)6-10(11)20-14(22)23;16-7-1-3-9-12(5-7)25-21-13(9)22-11-6-8(24-15(17,18)19)2-4-10(11)20-14(22)23;1-12(2,3)22-11(20)18-9-5-4-7(21-13(14,15)16)6-8(9)17-10(18)19;8-4-1-2-5-6(3-4)11-10-7(5)9;2-1-4-3;;;/h2*1-6H,(H,20,23);4-6H,1-3H3,(H,17,19);1-3H;1,3H;;;/q;;;;;2*+1;-1/p-1. The molecule has 458 valence electrons. The van der Waals surface area contributed by atoms with Crippen LogP contribution in [0.2, 0.25) is 20.2 Å². The number of H-pyrrole nitrogens is 3. The zero-order valence-electron chi connectivity index (χ0n) is 46.3. The Kier molecular flexibility index (Phi) is 24.3. The van der Waals surface area contributed by atoms with Gasteiger partial charge in [0, 0.05) is 51.5 Å². The van der Waals surface area contributed by atoms with E-state index in [1.165, 1.54) is 22.8 Å². The molecule has 23 nitrogen and oxygen atoms in total. The molecule has 0 atom stereocenters. The number of nitrogens with one attached hydrogen (secondary N) is 3. The number of carbonyl (C=O) groups is 2. The molecule has 0 aliphatic rings. The predicted molar refractivity (Wildman–Crippen MR) is 289 cm³/mol. The van der Waals surface area contributed by atoms with Crippen LogP contribution in [-0.4, -0.2) is 81.4 Å². The first kappa shape index (κ1) is 72.5. The molecule has 3 N–H and O–H groups in total. The number of nitrogens with zero attached hydrogens (tertiary/aromatic N) is 6. The third-order valence-electron chi connectivity index (χ3n) is 10.9. The van der Waals surface area contributed by atoms with Crippen molar-refractivity contribution in [3.05, 3.63) is 161 Å². The molecule has 0 aliphatic carbocycles. The molecule has 0 aliphatic heterocycles. The van der Waals surface area contributed by atoms with E-state index >= 15 is 0 Å². The molecule has 0 radical (unpaired) electrons. The topological polar surface area (TPSA) is 295 Å². The molecule has 12 rings (SSSR count). The number of fused-ring (bicyclic) bond motifs is 6. The van der Waals surface area contributed by atoms with Gasteiger partial charge in [-0.15, -0.1) is 39.5 Å². The van der Waals surface area contributed by atoms with Crippen LogP contribution in [0.1, 0.15) is 22.2 Å². The minimum atomic E-state index is -4.85. The second-order valence-corrected chi connectivity index (χ2v) is 19.7. The van der Waals surface area contributed by atoms with Crippen LogP contribution in [0.15, 0.2) is 137 Å². The van der Waals surface area contributed by atoms with Crippen LogP contribution in [-0.2, 0) is 14.4 Å². The molecule has 6 aromatic carbocycles. The number of carbonyl (C=O) groups excluding carboxylic acids is 2. The molecule has 6 aromatic heterocycles. The first-order valence-corrected chi connectivity index (χ1v) is 25.1. The molecule has 0 spiro atoms. The number of halogens is 13. The normalized spacial score (nSPS) is 11.5. The Labute approximate surface area is 626 Å². The maximum atomic E-state index is 12.4. The van der Waals surface area contributed by atoms with Gasteiger partial charge in [0.25, 0.3) is 6.47 Å². The number of imidazole rings is 3. The third kappa shape index (κ3) is 18.8. The Morgan fingerprint density at radius 3 is 1.37 bits per heavy atom. The van der Waals surface area contributed by atoms with Gasteiger partial charge in [0.15, 0.2) is 33.5 Å². The van der Waals surface area contributed by atoms with Gasteiger partial charge in [-0.05, 0) is 93.6 Å². The van der Waals surface area contributed by atoms with Gasteiger partial charge in [-0.3, -0.25) is 4.79 Å². The van der Waals surface area contributed by atoms with E-state index in [1.807, 2.05) is 0 Å². The maximum Gasteiger partial charge on any atom is 1.00 e. The average molecular weight is 1570 g/mol. The predicted octanol–water partition coefficient (Wildman–Crippen LogP) is 6.73. The largest absolute Gasteiger partial charge is 1.00 e.